The van der Waals surface area contributed by atoms with Crippen LogP contribution in [0.15, 0.2) is 24.5 Å². The Bertz CT molecular complexity index is 728. The van der Waals surface area contributed by atoms with Gasteiger partial charge in [-0.1, -0.05) is 13.0 Å². The Morgan fingerprint density at radius 2 is 2.25 bits per heavy atom. The van der Waals surface area contributed by atoms with E-state index < -0.39 is 0 Å². The Kier molecular flexibility index (Phi) is 4.92. The average molecular weight is 330 g/mol. The molecule has 2 aromatic rings. The van der Waals surface area contributed by atoms with Gasteiger partial charge in [-0.2, -0.15) is 0 Å². The molecule has 6 heteroatoms. The molecule has 2 heterocycles. The van der Waals surface area contributed by atoms with Gasteiger partial charge in [0.1, 0.15) is 18.0 Å². The largest absolute Gasteiger partial charge is 0.338 e. The minimum absolute atomic E-state index is 0.111. The lowest BCUT2D eigenvalue weighted by atomic mass is 9.96. The molecule has 24 heavy (non-hydrogen) atoms. The van der Waals surface area contributed by atoms with Crippen LogP contribution < -0.4 is 0 Å². The molecule has 0 bridgehead atoms. The predicted molar refractivity (Wildman–Crippen MR) is 89.3 cm³/mol. The average Bonchev–Trinajstić information content (AvgIpc) is 3.05. The SMILES string of the molecule is CCCn1cnnc1[C@H]1CCCN(C(=O)c2ccc(C)c(F)c2)C1. The molecule has 1 aliphatic rings. The molecule has 0 radical (unpaired) electrons. The Hall–Kier alpha value is -2.24. The van der Waals surface area contributed by atoms with E-state index in [1.165, 1.54) is 6.07 Å². The number of piperidine rings is 1. The monoisotopic (exact) mass is 330 g/mol. The lowest BCUT2D eigenvalue weighted by molar-refractivity contribution is 0.0702. The molecule has 0 unspecified atom stereocenters. The number of aromatic nitrogens is 3. The molecule has 1 aromatic heterocycles. The van der Waals surface area contributed by atoms with Gasteiger partial charge in [0.25, 0.3) is 5.91 Å². The van der Waals surface area contributed by atoms with Crippen molar-refractivity contribution >= 4 is 5.91 Å². The summed E-state index contributed by atoms with van der Waals surface area (Å²) in [5.74, 6) is 0.689. The Balaban J connectivity index is 1.76. The first kappa shape index (κ1) is 16.6. The summed E-state index contributed by atoms with van der Waals surface area (Å²) >= 11 is 0. The molecule has 3 rings (SSSR count). The number of rotatable bonds is 4. The summed E-state index contributed by atoms with van der Waals surface area (Å²) in [6, 6.07) is 4.69. The first-order chi connectivity index (χ1) is 11.6. The third-order valence-electron chi connectivity index (χ3n) is 4.60. The molecule has 0 aliphatic carbocycles. The van der Waals surface area contributed by atoms with E-state index in [1.807, 2.05) is 4.90 Å². The van der Waals surface area contributed by atoms with E-state index in [4.69, 9.17) is 0 Å². The molecule has 0 N–H and O–H groups in total. The fourth-order valence-electron chi connectivity index (χ4n) is 3.27. The zero-order valence-corrected chi connectivity index (χ0v) is 14.2. The summed E-state index contributed by atoms with van der Waals surface area (Å²) in [5, 5.41) is 8.29. The molecule has 5 nitrogen and oxygen atoms in total. The van der Waals surface area contributed by atoms with Gasteiger partial charge in [0.05, 0.1) is 0 Å². The number of amides is 1. The minimum atomic E-state index is -0.336. The van der Waals surface area contributed by atoms with Crippen molar-refractivity contribution in [1.29, 1.82) is 0 Å². The second kappa shape index (κ2) is 7.11. The van der Waals surface area contributed by atoms with Crippen molar-refractivity contribution in [2.75, 3.05) is 13.1 Å². The van der Waals surface area contributed by atoms with Crippen molar-refractivity contribution in [3.63, 3.8) is 0 Å². The van der Waals surface area contributed by atoms with Crippen LogP contribution in [0.3, 0.4) is 0 Å². The summed E-state index contributed by atoms with van der Waals surface area (Å²) in [6.45, 7) is 6.01. The van der Waals surface area contributed by atoms with Gasteiger partial charge in [-0.25, -0.2) is 4.39 Å². The van der Waals surface area contributed by atoms with E-state index in [1.54, 1.807) is 25.4 Å². The number of benzene rings is 1. The van der Waals surface area contributed by atoms with Crippen LogP contribution in [0.1, 0.15) is 53.8 Å². The normalized spacial score (nSPS) is 18.0. The lowest BCUT2D eigenvalue weighted by Crippen LogP contribution is -2.39. The molecule has 1 saturated heterocycles. The van der Waals surface area contributed by atoms with Crippen molar-refractivity contribution in [1.82, 2.24) is 19.7 Å². The molecule has 1 atom stereocenters. The van der Waals surface area contributed by atoms with Gasteiger partial charge < -0.3 is 9.47 Å². The van der Waals surface area contributed by atoms with Gasteiger partial charge >= 0.3 is 0 Å². The highest BCUT2D eigenvalue weighted by molar-refractivity contribution is 5.94. The number of nitrogens with zero attached hydrogens (tertiary/aromatic N) is 4. The number of likely N-dealkylation sites (tertiary alicyclic amines) is 1. The van der Waals surface area contributed by atoms with Crippen LogP contribution in [0.25, 0.3) is 0 Å². The molecule has 1 amide bonds. The molecular weight excluding hydrogens is 307 g/mol. The molecule has 0 spiro atoms. The highest BCUT2D eigenvalue weighted by Gasteiger charge is 2.28. The summed E-state index contributed by atoms with van der Waals surface area (Å²) < 4.78 is 15.8. The first-order valence-corrected chi connectivity index (χ1v) is 8.53. The number of aryl methyl sites for hydroxylation is 2. The number of halogens is 1. The first-order valence-electron chi connectivity index (χ1n) is 8.53. The van der Waals surface area contributed by atoms with Crippen LogP contribution in [-0.4, -0.2) is 38.7 Å². The third kappa shape index (κ3) is 3.32. The van der Waals surface area contributed by atoms with E-state index in [-0.39, 0.29) is 17.6 Å². The summed E-state index contributed by atoms with van der Waals surface area (Å²) in [6.07, 6.45) is 4.69. The fourth-order valence-corrected chi connectivity index (χ4v) is 3.27. The Morgan fingerprint density at radius 1 is 1.42 bits per heavy atom. The van der Waals surface area contributed by atoms with Crippen molar-refractivity contribution in [3.8, 4) is 0 Å². The Morgan fingerprint density at radius 3 is 3.00 bits per heavy atom. The molecule has 1 fully saturated rings. The number of hydrogen-bond acceptors (Lipinski definition) is 3. The van der Waals surface area contributed by atoms with Gasteiger partial charge in [-0.3, -0.25) is 4.79 Å². The predicted octanol–water partition coefficient (Wildman–Crippen LogP) is 3.16. The van der Waals surface area contributed by atoms with Crippen LogP contribution in [0, 0.1) is 12.7 Å². The zero-order chi connectivity index (χ0) is 17.1. The maximum atomic E-state index is 13.8. The quantitative estimate of drug-likeness (QED) is 0.865. The standard InChI is InChI=1S/C18H23FN4O/c1-3-8-23-12-20-21-17(23)15-5-4-9-22(11-15)18(24)14-7-6-13(2)16(19)10-14/h6-7,10,12,15H,3-5,8-9,11H2,1-2H3/t15-/m0/s1. The van der Waals surface area contributed by atoms with E-state index >= 15 is 0 Å². The van der Waals surface area contributed by atoms with Gasteiger partial charge in [-0.15, -0.1) is 10.2 Å². The number of hydrogen-bond donors (Lipinski definition) is 0. The smallest absolute Gasteiger partial charge is 0.253 e. The van der Waals surface area contributed by atoms with Crippen LogP contribution >= 0.6 is 0 Å². The van der Waals surface area contributed by atoms with Crippen LogP contribution in [0.4, 0.5) is 4.39 Å². The van der Waals surface area contributed by atoms with E-state index in [0.29, 0.717) is 24.2 Å². The summed E-state index contributed by atoms with van der Waals surface area (Å²) in [4.78, 5) is 14.5. The van der Waals surface area contributed by atoms with Crippen molar-refractivity contribution in [2.24, 2.45) is 0 Å². The summed E-state index contributed by atoms with van der Waals surface area (Å²) in [5.41, 5.74) is 0.963. The van der Waals surface area contributed by atoms with Gasteiger partial charge in [0, 0.05) is 31.1 Å². The molecule has 1 aliphatic heterocycles. The van der Waals surface area contributed by atoms with Crippen molar-refractivity contribution in [3.05, 3.63) is 47.3 Å². The third-order valence-corrected chi connectivity index (χ3v) is 4.60. The van der Waals surface area contributed by atoms with E-state index in [9.17, 15) is 9.18 Å². The molecule has 128 valence electrons. The second-order valence-electron chi connectivity index (χ2n) is 6.44. The van der Waals surface area contributed by atoms with Gasteiger partial charge in [0.15, 0.2) is 0 Å². The fraction of sp³-hybridized carbons (Fsp3) is 0.500. The van der Waals surface area contributed by atoms with Crippen LogP contribution in [0.5, 0.6) is 0 Å². The second-order valence-corrected chi connectivity index (χ2v) is 6.44. The van der Waals surface area contributed by atoms with Gasteiger partial charge in [0.2, 0.25) is 0 Å². The summed E-state index contributed by atoms with van der Waals surface area (Å²) in [7, 11) is 0. The van der Waals surface area contributed by atoms with Crippen LogP contribution in [-0.2, 0) is 6.54 Å². The molecule has 0 saturated carbocycles. The topological polar surface area (TPSA) is 51.0 Å². The molecule has 1 aromatic carbocycles. The zero-order valence-electron chi connectivity index (χ0n) is 14.2. The molecular formula is C18H23FN4O. The maximum absolute atomic E-state index is 13.8. The highest BCUT2D eigenvalue weighted by Crippen LogP contribution is 2.26. The highest BCUT2D eigenvalue weighted by atomic mass is 19.1. The van der Waals surface area contributed by atoms with E-state index in [0.717, 1.165) is 31.6 Å². The maximum Gasteiger partial charge on any atom is 0.253 e. The van der Waals surface area contributed by atoms with Crippen molar-refractivity contribution < 1.29 is 9.18 Å². The lowest BCUT2D eigenvalue weighted by Gasteiger charge is -2.32. The Labute approximate surface area is 141 Å². The van der Waals surface area contributed by atoms with Crippen molar-refractivity contribution in [2.45, 2.75) is 45.6 Å². The minimum Gasteiger partial charge on any atom is -0.338 e. The van der Waals surface area contributed by atoms with Gasteiger partial charge in [-0.05, 0) is 43.9 Å². The number of carbonyl (C=O) groups is 1. The van der Waals surface area contributed by atoms with Crippen LogP contribution in [0.2, 0.25) is 0 Å². The number of carbonyl (C=O) groups excluding carboxylic acids is 1. The van der Waals surface area contributed by atoms with E-state index in [2.05, 4.69) is 21.7 Å².